The van der Waals surface area contributed by atoms with Gasteiger partial charge in [0.05, 0.1) is 18.3 Å². The molecule has 0 saturated heterocycles. The molecule has 0 aromatic heterocycles. The average molecular weight is 170 g/mol. The van der Waals surface area contributed by atoms with Crippen LogP contribution in [0.1, 0.15) is 32.6 Å². The molecule has 1 rings (SSSR count). The van der Waals surface area contributed by atoms with E-state index in [0.717, 1.165) is 25.7 Å². The minimum absolute atomic E-state index is 0.0574. The molecular weight excluding hydrogens is 152 g/mol. The summed E-state index contributed by atoms with van der Waals surface area (Å²) in [6, 6.07) is 0. The van der Waals surface area contributed by atoms with Crippen LogP contribution in [0.5, 0.6) is 0 Å². The van der Waals surface area contributed by atoms with Crippen molar-refractivity contribution in [3.63, 3.8) is 0 Å². The molecule has 0 aliphatic heterocycles. The van der Waals surface area contributed by atoms with Gasteiger partial charge >= 0.3 is 0 Å². The van der Waals surface area contributed by atoms with Gasteiger partial charge in [-0.25, -0.2) is 0 Å². The summed E-state index contributed by atoms with van der Waals surface area (Å²) in [6.45, 7) is 6.05. The van der Waals surface area contributed by atoms with Gasteiger partial charge in [0.1, 0.15) is 0 Å². The summed E-state index contributed by atoms with van der Waals surface area (Å²) in [5, 5.41) is 10.0. The maximum atomic E-state index is 10.0. The quantitative estimate of drug-likeness (QED) is 0.653. The van der Waals surface area contributed by atoms with E-state index in [0.29, 0.717) is 6.61 Å². The van der Waals surface area contributed by atoms with Crippen molar-refractivity contribution in [2.24, 2.45) is 0 Å². The van der Waals surface area contributed by atoms with E-state index in [1.54, 1.807) is 6.08 Å². The van der Waals surface area contributed by atoms with Gasteiger partial charge in [-0.2, -0.15) is 0 Å². The van der Waals surface area contributed by atoms with Crippen LogP contribution >= 0.6 is 0 Å². The molecule has 70 valence electrons. The summed E-state index contributed by atoms with van der Waals surface area (Å²) in [4.78, 5) is 0. The molecule has 0 aromatic rings. The predicted octanol–water partition coefficient (Wildman–Crippen LogP) is 1.88. The molecule has 1 N–H and O–H groups in total. The predicted molar refractivity (Wildman–Crippen MR) is 49.0 cm³/mol. The zero-order chi connectivity index (χ0) is 9.03. The first-order valence-electron chi connectivity index (χ1n) is 4.64. The molecule has 1 saturated carbocycles. The first-order chi connectivity index (χ1) is 5.69. The molecule has 0 bridgehead atoms. The first-order valence-corrected chi connectivity index (χ1v) is 4.64. The molecule has 0 heterocycles. The second-order valence-electron chi connectivity index (χ2n) is 3.57. The summed E-state index contributed by atoms with van der Waals surface area (Å²) >= 11 is 0. The lowest BCUT2D eigenvalue weighted by molar-refractivity contribution is -0.0891. The molecule has 1 fully saturated rings. The third-order valence-electron chi connectivity index (χ3n) is 2.69. The standard InChI is InChI=1S/C10H18O2/c1-3-8-12-9(2)10(11)6-4-5-7-10/h3,9,11H,1,4-8H2,2H3. The Bertz CT molecular complexity index is 148. The topological polar surface area (TPSA) is 29.5 Å². The Balaban J connectivity index is 2.38. The van der Waals surface area contributed by atoms with E-state index in [1.807, 2.05) is 6.92 Å². The molecule has 1 atom stereocenters. The van der Waals surface area contributed by atoms with Crippen LogP contribution in [0, 0.1) is 0 Å². The molecule has 2 heteroatoms. The van der Waals surface area contributed by atoms with Gasteiger partial charge in [0, 0.05) is 0 Å². The van der Waals surface area contributed by atoms with Crippen molar-refractivity contribution in [1.29, 1.82) is 0 Å². The highest BCUT2D eigenvalue weighted by atomic mass is 16.5. The molecule has 0 spiro atoms. The number of aliphatic hydroxyl groups is 1. The van der Waals surface area contributed by atoms with Gasteiger partial charge in [0.25, 0.3) is 0 Å². The monoisotopic (exact) mass is 170 g/mol. The van der Waals surface area contributed by atoms with Crippen molar-refractivity contribution < 1.29 is 9.84 Å². The number of hydrogen-bond donors (Lipinski definition) is 1. The summed E-state index contributed by atoms with van der Waals surface area (Å²) in [5.74, 6) is 0. The number of rotatable bonds is 4. The normalized spacial score (nSPS) is 23.8. The van der Waals surface area contributed by atoms with Crippen LogP contribution in [0.15, 0.2) is 12.7 Å². The fraction of sp³-hybridized carbons (Fsp3) is 0.800. The van der Waals surface area contributed by atoms with Crippen LogP contribution < -0.4 is 0 Å². The second-order valence-corrected chi connectivity index (χ2v) is 3.57. The smallest absolute Gasteiger partial charge is 0.0905 e. The van der Waals surface area contributed by atoms with Gasteiger partial charge in [0.2, 0.25) is 0 Å². The summed E-state index contributed by atoms with van der Waals surface area (Å²) in [6.07, 6.45) is 5.67. The van der Waals surface area contributed by atoms with Crippen LogP contribution in [0.25, 0.3) is 0 Å². The number of ether oxygens (including phenoxy) is 1. The molecule has 0 radical (unpaired) electrons. The molecule has 1 aliphatic carbocycles. The van der Waals surface area contributed by atoms with Crippen LogP contribution in [0.3, 0.4) is 0 Å². The fourth-order valence-electron chi connectivity index (χ4n) is 1.76. The van der Waals surface area contributed by atoms with Crippen molar-refractivity contribution in [3.8, 4) is 0 Å². The van der Waals surface area contributed by atoms with E-state index in [9.17, 15) is 5.11 Å². The minimum atomic E-state index is -0.566. The first kappa shape index (κ1) is 9.75. The Morgan fingerprint density at radius 1 is 1.58 bits per heavy atom. The SMILES string of the molecule is C=CCOC(C)C1(O)CCCC1. The molecule has 0 amide bonds. The highest BCUT2D eigenvalue weighted by Gasteiger charge is 2.37. The zero-order valence-corrected chi connectivity index (χ0v) is 7.75. The second kappa shape index (κ2) is 4.06. The van der Waals surface area contributed by atoms with Gasteiger partial charge in [-0.15, -0.1) is 6.58 Å². The Kier molecular flexibility index (Phi) is 3.29. The average Bonchev–Trinajstić information content (AvgIpc) is 2.49. The third-order valence-corrected chi connectivity index (χ3v) is 2.69. The molecule has 2 nitrogen and oxygen atoms in total. The van der Waals surface area contributed by atoms with Crippen LogP contribution in [0.4, 0.5) is 0 Å². The molecule has 0 aromatic carbocycles. The summed E-state index contributed by atoms with van der Waals surface area (Å²) in [5.41, 5.74) is -0.566. The fourth-order valence-corrected chi connectivity index (χ4v) is 1.76. The zero-order valence-electron chi connectivity index (χ0n) is 7.75. The lowest BCUT2D eigenvalue weighted by Crippen LogP contribution is -2.39. The maximum Gasteiger partial charge on any atom is 0.0905 e. The Morgan fingerprint density at radius 3 is 2.67 bits per heavy atom. The van der Waals surface area contributed by atoms with E-state index >= 15 is 0 Å². The van der Waals surface area contributed by atoms with E-state index in [2.05, 4.69) is 6.58 Å². The van der Waals surface area contributed by atoms with E-state index in [-0.39, 0.29) is 6.10 Å². The Morgan fingerprint density at radius 2 is 2.17 bits per heavy atom. The lowest BCUT2D eigenvalue weighted by atomic mass is 9.96. The van der Waals surface area contributed by atoms with Crippen molar-refractivity contribution in [2.75, 3.05) is 6.61 Å². The molecule has 1 aliphatic rings. The van der Waals surface area contributed by atoms with Gasteiger partial charge in [0.15, 0.2) is 0 Å². The Hall–Kier alpha value is -0.340. The van der Waals surface area contributed by atoms with Gasteiger partial charge in [-0.1, -0.05) is 18.9 Å². The van der Waals surface area contributed by atoms with Crippen molar-refractivity contribution in [2.45, 2.75) is 44.3 Å². The maximum absolute atomic E-state index is 10.0. The molecule has 1 unspecified atom stereocenters. The summed E-state index contributed by atoms with van der Waals surface area (Å²) < 4.78 is 5.41. The highest BCUT2D eigenvalue weighted by Crippen LogP contribution is 2.33. The van der Waals surface area contributed by atoms with Crippen molar-refractivity contribution >= 4 is 0 Å². The minimum Gasteiger partial charge on any atom is -0.387 e. The highest BCUT2D eigenvalue weighted by molar-refractivity contribution is 4.90. The number of hydrogen-bond acceptors (Lipinski definition) is 2. The van der Waals surface area contributed by atoms with E-state index in [4.69, 9.17) is 4.74 Å². The van der Waals surface area contributed by atoms with Gasteiger partial charge in [-0.3, -0.25) is 0 Å². The molecule has 12 heavy (non-hydrogen) atoms. The van der Waals surface area contributed by atoms with Crippen LogP contribution in [0.2, 0.25) is 0 Å². The van der Waals surface area contributed by atoms with Crippen molar-refractivity contribution in [3.05, 3.63) is 12.7 Å². The van der Waals surface area contributed by atoms with E-state index < -0.39 is 5.60 Å². The van der Waals surface area contributed by atoms with Gasteiger partial charge < -0.3 is 9.84 Å². The summed E-state index contributed by atoms with van der Waals surface area (Å²) in [7, 11) is 0. The van der Waals surface area contributed by atoms with E-state index in [1.165, 1.54) is 0 Å². The lowest BCUT2D eigenvalue weighted by Gasteiger charge is -2.29. The molecular formula is C10H18O2. The largest absolute Gasteiger partial charge is 0.387 e. The third kappa shape index (κ3) is 2.08. The van der Waals surface area contributed by atoms with Crippen molar-refractivity contribution in [1.82, 2.24) is 0 Å². The van der Waals surface area contributed by atoms with Gasteiger partial charge in [-0.05, 0) is 19.8 Å². The van der Waals surface area contributed by atoms with Crippen LogP contribution in [-0.2, 0) is 4.74 Å². The van der Waals surface area contributed by atoms with Crippen LogP contribution in [-0.4, -0.2) is 23.4 Å². The Labute approximate surface area is 74.2 Å².